The van der Waals surface area contributed by atoms with Crippen LogP contribution in [0.2, 0.25) is 5.02 Å². The van der Waals surface area contributed by atoms with Gasteiger partial charge in [-0.3, -0.25) is 4.79 Å². The van der Waals surface area contributed by atoms with Crippen molar-refractivity contribution in [3.8, 4) is 0 Å². The van der Waals surface area contributed by atoms with Crippen molar-refractivity contribution >= 4 is 27.6 Å². The van der Waals surface area contributed by atoms with Crippen LogP contribution in [0.5, 0.6) is 0 Å². The number of nitrogens with zero attached hydrogens (tertiary/aromatic N) is 1. The van der Waals surface area contributed by atoms with Gasteiger partial charge >= 0.3 is 5.97 Å². The van der Waals surface area contributed by atoms with Crippen LogP contribution in [0.4, 0.5) is 4.39 Å². The van der Waals surface area contributed by atoms with Crippen LogP contribution in [-0.4, -0.2) is 36.4 Å². The Balaban J connectivity index is 2.22. The van der Waals surface area contributed by atoms with Crippen molar-refractivity contribution in [3.05, 3.63) is 34.6 Å². The number of benzene rings is 1. The first-order chi connectivity index (χ1) is 10.2. The van der Waals surface area contributed by atoms with Crippen LogP contribution in [-0.2, 0) is 20.6 Å². The third kappa shape index (κ3) is 3.59. The monoisotopic (exact) mass is 349 g/mol. The van der Waals surface area contributed by atoms with Crippen molar-refractivity contribution in [1.29, 1.82) is 0 Å². The molecule has 0 saturated carbocycles. The summed E-state index contributed by atoms with van der Waals surface area (Å²) in [5, 5.41) is 9.09. The molecular formula is C14H17ClFNO4S. The fourth-order valence-corrected chi connectivity index (χ4v) is 4.70. The SMILES string of the molecule is C[C@@H]1[C@H](C(=O)O)CCCN1S(=O)(=O)Cc1ccc(Cl)c(F)c1. The average Bonchev–Trinajstić information content (AvgIpc) is 2.42. The van der Waals surface area contributed by atoms with E-state index < -0.39 is 33.8 Å². The first-order valence-electron chi connectivity index (χ1n) is 6.88. The molecule has 1 aliphatic rings. The van der Waals surface area contributed by atoms with E-state index in [-0.39, 0.29) is 22.9 Å². The van der Waals surface area contributed by atoms with E-state index in [9.17, 15) is 17.6 Å². The minimum atomic E-state index is -3.72. The number of piperidine rings is 1. The predicted molar refractivity (Wildman–Crippen MR) is 80.6 cm³/mol. The van der Waals surface area contributed by atoms with Crippen LogP contribution in [0.1, 0.15) is 25.3 Å². The number of carbonyl (C=O) groups is 1. The van der Waals surface area contributed by atoms with Crippen molar-refractivity contribution in [3.63, 3.8) is 0 Å². The van der Waals surface area contributed by atoms with Crippen molar-refractivity contribution in [2.75, 3.05) is 6.54 Å². The molecule has 8 heteroatoms. The standard InChI is InChI=1S/C14H17ClFNO4S/c1-9-11(14(18)19)3-2-6-17(9)22(20,21)8-10-4-5-12(15)13(16)7-10/h4-5,7,9,11H,2-3,6,8H2,1H3,(H,18,19)/t9-,11-/m1/s1. The molecule has 0 amide bonds. The molecule has 0 bridgehead atoms. The molecule has 22 heavy (non-hydrogen) atoms. The van der Waals surface area contributed by atoms with Gasteiger partial charge in [0, 0.05) is 12.6 Å². The molecule has 1 saturated heterocycles. The summed E-state index contributed by atoms with van der Waals surface area (Å²) in [5.41, 5.74) is 0.284. The Kier molecular flexibility index (Phi) is 5.09. The van der Waals surface area contributed by atoms with Gasteiger partial charge in [-0.1, -0.05) is 17.7 Å². The number of carboxylic acid groups (broad SMARTS) is 1. The van der Waals surface area contributed by atoms with Crippen LogP contribution in [0.3, 0.4) is 0 Å². The molecule has 0 unspecified atom stereocenters. The highest BCUT2D eigenvalue weighted by atomic mass is 35.5. The number of carboxylic acids is 1. The van der Waals surface area contributed by atoms with E-state index in [0.29, 0.717) is 12.8 Å². The van der Waals surface area contributed by atoms with Crippen LogP contribution < -0.4 is 0 Å². The topological polar surface area (TPSA) is 74.7 Å². The Labute approximate surface area is 133 Å². The minimum absolute atomic E-state index is 0.0709. The zero-order chi connectivity index (χ0) is 16.5. The maximum Gasteiger partial charge on any atom is 0.308 e. The highest BCUT2D eigenvalue weighted by Gasteiger charge is 2.38. The molecule has 122 valence electrons. The predicted octanol–water partition coefficient (Wildman–Crippen LogP) is 2.49. The minimum Gasteiger partial charge on any atom is -0.481 e. The van der Waals surface area contributed by atoms with Gasteiger partial charge in [-0.15, -0.1) is 0 Å². The van der Waals surface area contributed by atoms with E-state index in [4.69, 9.17) is 16.7 Å². The van der Waals surface area contributed by atoms with E-state index in [0.717, 1.165) is 6.07 Å². The largest absolute Gasteiger partial charge is 0.481 e. The van der Waals surface area contributed by atoms with E-state index in [1.54, 1.807) is 6.92 Å². The molecule has 1 heterocycles. The smallest absolute Gasteiger partial charge is 0.308 e. The van der Waals surface area contributed by atoms with Crippen LogP contribution in [0.15, 0.2) is 18.2 Å². The first kappa shape index (κ1) is 17.2. The molecule has 0 aromatic heterocycles. The zero-order valence-electron chi connectivity index (χ0n) is 12.0. The van der Waals surface area contributed by atoms with E-state index >= 15 is 0 Å². The molecule has 1 aromatic rings. The highest BCUT2D eigenvalue weighted by molar-refractivity contribution is 7.88. The highest BCUT2D eigenvalue weighted by Crippen LogP contribution is 2.28. The summed E-state index contributed by atoms with van der Waals surface area (Å²) in [4.78, 5) is 11.2. The third-order valence-electron chi connectivity index (χ3n) is 3.94. The van der Waals surface area contributed by atoms with Crippen LogP contribution in [0, 0.1) is 11.7 Å². The van der Waals surface area contributed by atoms with E-state index in [1.165, 1.54) is 16.4 Å². The number of hydrogen-bond acceptors (Lipinski definition) is 3. The lowest BCUT2D eigenvalue weighted by molar-refractivity contribution is -0.144. The summed E-state index contributed by atoms with van der Waals surface area (Å²) in [5.74, 6) is -2.77. The molecule has 0 radical (unpaired) electrons. The Hall–Kier alpha value is -1.18. The van der Waals surface area contributed by atoms with Crippen molar-refractivity contribution < 1.29 is 22.7 Å². The van der Waals surface area contributed by atoms with Gasteiger partial charge in [0.25, 0.3) is 0 Å². The lowest BCUT2D eigenvalue weighted by Crippen LogP contribution is -2.49. The van der Waals surface area contributed by atoms with Crippen molar-refractivity contribution in [2.45, 2.75) is 31.6 Å². The number of aliphatic carboxylic acids is 1. The Morgan fingerprint density at radius 3 is 2.77 bits per heavy atom. The fourth-order valence-electron chi connectivity index (χ4n) is 2.76. The second kappa shape index (κ2) is 6.52. The molecule has 2 atom stereocenters. The van der Waals surface area contributed by atoms with Crippen molar-refractivity contribution in [2.24, 2.45) is 5.92 Å². The fraction of sp³-hybridized carbons (Fsp3) is 0.500. The summed E-state index contributed by atoms with van der Waals surface area (Å²) in [7, 11) is -3.72. The third-order valence-corrected chi connectivity index (χ3v) is 6.17. The molecule has 1 fully saturated rings. The maximum absolute atomic E-state index is 13.4. The Morgan fingerprint density at radius 1 is 1.50 bits per heavy atom. The van der Waals surface area contributed by atoms with Gasteiger partial charge < -0.3 is 5.11 Å². The van der Waals surface area contributed by atoms with Gasteiger partial charge in [0.05, 0.1) is 16.7 Å². The van der Waals surface area contributed by atoms with Gasteiger partial charge in [-0.2, -0.15) is 4.31 Å². The second-order valence-corrected chi connectivity index (χ2v) is 7.77. The molecule has 2 rings (SSSR count). The van der Waals surface area contributed by atoms with E-state index in [2.05, 4.69) is 0 Å². The molecule has 1 N–H and O–H groups in total. The van der Waals surface area contributed by atoms with Gasteiger partial charge in [-0.05, 0) is 37.5 Å². The summed E-state index contributed by atoms with van der Waals surface area (Å²) in [6, 6.07) is 3.23. The summed E-state index contributed by atoms with van der Waals surface area (Å²) in [6.45, 7) is 1.88. The number of rotatable bonds is 4. The molecule has 1 aliphatic heterocycles. The Morgan fingerprint density at radius 2 is 2.18 bits per heavy atom. The van der Waals surface area contributed by atoms with Gasteiger partial charge in [0.15, 0.2) is 0 Å². The first-order valence-corrected chi connectivity index (χ1v) is 8.87. The maximum atomic E-state index is 13.4. The lowest BCUT2D eigenvalue weighted by atomic mass is 9.92. The van der Waals surface area contributed by atoms with Gasteiger partial charge in [0.1, 0.15) is 5.82 Å². The zero-order valence-corrected chi connectivity index (χ0v) is 13.6. The normalized spacial score (nSPS) is 23.4. The van der Waals surface area contributed by atoms with Gasteiger partial charge in [0.2, 0.25) is 10.0 Å². The summed E-state index contributed by atoms with van der Waals surface area (Å²) in [6.07, 6.45) is 0.952. The quantitative estimate of drug-likeness (QED) is 0.906. The summed E-state index contributed by atoms with van der Waals surface area (Å²) >= 11 is 5.58. The van der Waals surface area contributed by atoms with Crippen LogP contribution in [0.25, 0.3) is 0 Å². The van der Waals surface area contributed by atoms with Crippen LogP contribution >= 0.6 is 11.6 Å². The average molecular weight is 350 g/mol. The summed E-state index contributed by atoms with van der Waals surface area (Å²) < 4.78 is 39.6. The molecule has 1 aromatic carbocycles. The molecule has 5 nitrogen and oxygen atoms in total. The number of halogens is 2. The number of hydrogen-bond donors (Lipinski definition) is 1. The molecular weight excluding hydrogens is 333 g/mol. The molecule has 0 aliphatic carbocycles. The molecule has 0 spiro atoms. The van der Waals surface area contributed by atoms with E-state index in [1.807, 2.05) is 0 Å². The van der Waals surface area contributed by atoms with Crippen molar-refractivity contribution in [1.82, 2.24) is 4.31 Å². The number of sulfonamides is 1. The van der Waals surface area contributed by atoms with Gasteiger partial charge in [-0.25, -0.2) is 12.8 Å². The second-order valence-electron chi connectivity index (χ2n) is 5.44. The lowest BCUT2D eigenvalue weighted by Gasteiger charge is -2.36. The Bertz CT molecular complexity index is 679.